The van der Waals surface area contributed by atoms with Crippen LogP contribution in [-0.4, -0.2) is 78.7 Å². The van der Waals surface area contributed by atoms with Crippen molar-refractivity contribution in [3.8, 4) is 0 Å². The average Bonchev–Trinajstić information content (AvgIpc) is 3.22. The minimum absolute atomic E-state index is 0.181. The molecule has 1 aliphatic rings. The Bertz CT molecular complexity index is 807. The number of hydrogen-bond donors (Lipinski definition) is 4. The number of imidazole rings is 1. The summed E-state index contributed by atoms with van der Waals surface area (Å²) in [5.41, 5.74) is 12.3. The Morgan fingerprint density at radius 3 is 2.96 bits per heavy atom. The number of hydrogen-bond acceptors (Lipinski definition) is 12. The molecule has 1 aliphatic heterocycles. The zero-order valence-electron chi connectivity index (χ0n) is 14.3. The summed E-state index contributed by atoms with van der Waals surface area (Å²) in [4.78, 5) is 24.4. The second-order valence-electron chi connectivity index (χ2n) is 5.78. The fraction of sp³-hybridized carbons (Fsp3) is 0.571. The van der Waals surface area contributed by atoms with Crippen molar-refractivity contribution in [2.24, 2.45) is 5.73 Å². The maximum Gasteiger partial charge on any atom is 0.324 e. The first-order chi connectivity index (χ1) is 13.0. The fourth-order valence-corrected chi connectivity index (χ4v) is 3.97. The quantitative estimate of drug-likeness (QED) is 0.318. The highest BCUT2D eigenvalue weighted by Crippen LogP contribution is 2.34. The van der Waals surface area contributed by atoms with Crippen LogP contribution in [0.3, 0.4) is 0 Å². The van der Waals surface area contributed by atoms with Crippen molar-refractivity contribution >= 4 is 44.5 Å². The number of rotatable bonds is 7. The van der Waals surface area contributed by atoms with Crippen LogP contribution in [0.15, 0.2) is 12.7 Å². The number of aliphatic hydroxyl groups is 2. The number of carbonyl (C=O) groups is 1. The molecule has 0 aromatic carbocycles. The number of nitrogens with two attached hydrogens (primary N) is 2. The number of nitrogens with zero attached hydrogens (tertiary/aromatic N) is 4. The van der Waals surface area contributed by atoms with E-state index < -0.39 is 43.2 Å². The normalized spacial score (nSPS) is 26.4. The van der Waals surface area contributed by atoms with Crippen LogP contribution in [0.1, 0.15) is 6.23 Å². The Morgan fingerprint density at radius 2 is 2.26 bits per heavy atom. The van der Waals surface area contributed by atoms with Crippen LogP contribution in [0.2, 0.25) is 0 Å². The van der Waals surface area contributed by atoms with Crippen LogP contribution in [-0.2, 0) is 14.3 Å². The van der Waals surface area contributed by atoms with E-state index in [1.54, 1.807) is 0 Å². The van der Waals surface area contributed by atoms with Crippen LogP contribution in [0.4, 0.5) is 5.82 Å². The van der Waals surface area contributed by atoms with Crippen molar-refractivity contribution in [3.05, 3.63) is 12.7 Å². The second kappa shape index (κ2) is 8.58. The number of nitrogen functional groups attached to an aromatic ring is 1. The number of aromatic nitrogens is 4. The summed E-state index contributed by atoms with van der Waals surface area (Å²) in [6, 6.07) is -0.860. The lowest BCUT2D eigenvalue weighted by molar-refractivity contribution is -0.159. The first kappa shape index (κ1) is 20.1. The number of carbonyl (C=O) groups excluding carboxylic acids is 1. The van der Waals surface area contributed by atoms with Crippen molar-refractivity contribution in [2.45, 2.75) is 30.6 Å². The molecule has 13 heteroatoms. The van der Waals surface area contributed by atoms with Crippen LogP contribution < -0.4 is 11.5 Å². The summed E-state index contributed by atoms with van der Waals surface area (Å²) in [7, 11) is 2.90. The first-order valence-electron chi connectivity index (χ1n) is 7.97. The zero-order valence-corrected chi connectivity index (χ0v) is 16.0. The molecule has 1 fully saturated rings. The molecule has 2 aromatic heterocycles. The van der Waals surface area contributed by atoms with Gasteiger partial charge in [0.1, 0.15) is 30.1 Å². The van der Waals surface area contributed by atoms with Gasteiger partial charge in [-0.25, -0.2) is 15.0 Å². The van der Waals surface area contributed by atoms with Crippen LogP contribution in [0, 0.1) is 0 Å². The van der Waals surface area contributed by atoms with E-state index in [2.05, 4.69) is 15.0 Å². The topological polar surface area (TPSA) is 172 Å². The fourth-order valence-electron chi connectivity index (χ4n) is 2.71. The molecule has 11 nitrogen and oxygen atoms in total. The Hall–Kier alpha value is -1.64. The van der Waals surface area contributed by atoms with Gasteiger partial charge in [0.15, 0.2) is 23.8 Å². The lowest BCUT2D eigenvalue weighted by atomic mass is 10.1. The van der Waals surface area contributed by atoms with E-state index >= 15 is 0 Å². The van der Waals surface area contributed by atoms with E-state index in [1.165, 1.54) is 38.8 Å². The number of aliphatic hydroxyl groups excluding tert-OH is 2. The van der Waals surface area contributed by atoms with Gasteiger partial charge in [-0.2, -0.15) is 0 Å². The lowest BCUT2D eigenvalue weighted by Gasteiger charge is -2.23. The largest absolute Gasteiger partial charge is 0.453 e. The average molecular weight is 416 g/mol. The van der Waals surface area contributed by atoms with Gasteiger partial charge in [0.25, 0.3) is 0 Å². The van der Waals surface area contributed by atoms with Gasteiger partial charge >= 0.3 is 5.97 Å². The minimum atomic E-state index is -1.25. The van der Waals surface area contributed by atoms with Gasteiger partial charge in [0.2, 0.25) is 0 Å². The Balaban J connectivity index is 1.87. The molecule has 148 valence electrons. The van der Waals surface area contributed by atoms with E-state index in [1.807, 2.05) is 6.26 Å². The Labute approximate surface area is 162 Å². The number of fused-ring (bicyclic) bond motifs is 1. The predicted molar refractivity (Wildman–Crippen MR) is 101 cm³/mol. The lowest BCUT2D eigenvalue weighted by Crippen LogP contribution is -2.42. The smallest absolute Gasteiger partial charge is 0.324 e. The van der Waals surface area contributed by atoms with E-state index in [9.17, 15) is 15.0 Å². The summed E-state index contributed by atoms with van der Waals surface area (Å²) < 4.78 is 12.6. The van der Waals surface area contributed by atoms with E-state index in [4.69, 9.17) is 20.9 Å². The monoisotopic (exact) mass is 416 g/mol. The van der Waals surface area contributed by atoms with Gasteiger partial charge in [0, 0.05) is 5.75 Å². The number of ether oxygens (including phenoxy) is 2. The third-order valence-corrected chi connectivity index (χ3v) is 5.92. The molecule has 2 aromatic rings. The van der Waals surface area contributed by atoms with Crippen molar-refractivity contribution in [1.82, 2.24) is 19.5 Å². The third kappa shape index (κ3) is 3.97. The summed E-state index contributed by atoms with van der Waals surface area (Å²) in [5.74, 6) is -0.137. The van der Waals surface area contributed by atoms with Crippen LogP contribution in [0.25, 0.3) is 11.2 Å². The van der Waals surface area contributed by atoms with E-state index in [0.29, 0.717) is 16.9 Å². The SMILES string of the molecule is CSSC[C@H](N)C(=O)OC1C(O)C(CO)OC1n1cnc2c(N)ncnc21. The molecule has 0 spiro atoms. The highest BCUT2D eigenvalue weighted by Gasteiger charge is 2.48. The molecule has 1 saturated heterocycles. The summed E-state index contributed by atoms with van der Waals surface area (Å²) in [6.45, 7) is -0.455. The summed E-state index contributed by atoms with van der Waals surface area (Å²) >= 11 is 0. The maximum absolute atomic E-state index is 12.3. The van der Waals surface area contributed by atoms with Crippen LogP contribution in [0.5, 0.6) is 0 Å². The highest BCUT2D eigenvalue weighted by atomic mass is 33.1. The first-order valence-corrected chi connectivity index (χ1v) is 10.7. The van der Waals surface area contributed by atoms with Gasteiger partial charge < -0.3 is 31.2 Å². The van der Waals surface area contributed by atoms with Crippen molar-refractivity contribution < 1.29 is 24.5 Å². The van der Waals surface area contributed by atoms with Gasteiger partial charge in [0.05, 0.1) is 12.9 Å². The molecule has 3 rings (SSSR count). The van der Waals surface area contributed by atoms with E-state index in [-0.39, 0.29) is 5.82 Å². The molecule has 4 unspecified atom stereocenters. The molecule has 0 radical (unpaired) electrons. The molecular formula is C14H20N6O5S2. The molecule has 3 heterocycles. The maximum atomic E-state index is 12.3. The molecule has 5 atom stereocenters. The molecular weight excluding hydrogens is 396 g/mol. The molecule has 0 saturated carbocycles. The Morgan fingerprint density at radius 1 is 1.48 bits per heavy atom. The van der Waals surface area contributed by atoms with Gasteiger partial charge in [-0.05, 0) is 6.26 Å². The molecule has 6 N–H and O–H groups in total. The third-order valence-electron chi connectivity index (χ3n) is 4.07. The summed E-state index contributed by atoms with van der Waals surface area (Å²) in [6.07, 6.45) is 0.284. The van der Waals surface area contributed by atoms with Gasteiger partial charge in [-0.1, -0.05) is 21.6 Å². The minimum Gasteiger partial charge on any atom is -0.453 e. The number of anilines is 1. The second-order valence-corrected chi connectivity index (χ2v) is 8.39. The predicted octanol–water partition coefficient (Wildman–Crippen LogP) is -1.09. The van der Waals surface area contributed by atoms with Crippen LogP contribution >= 0.6 is 21.6 Å². The van der Waals surface area contributed by atoms with Crippen molar-refractivity contribution in [3.63, 3.8) is 0 Å². The molecule has 0 amide bonds. The van der Waals surface area contributed by atoms with Crippen molar-refractivity contribution in [1.29, 1.82) is 0 Å². The van der Waals surface area contributed by atoms with Gasteiger partial charge in [-0.15, -0.1) is 0 Å². The molecule has 0 bridgehead atoms. The van der Waals surface area contributed by atoms with Gasteiger partial charge in [-0.3, -0.25) is 9.36 Å². The van der Waals surface area contributed by atoms with Crippen molar-refractivity contribution in [2.75, 3.05) is 24.3 Å². The van der Waals surface area contributed by atoms with E-state index in [0.717, 1.165) is 0 Å². The standard InChI is InChI=1S/C14H20N6O5S2/c1-26-27-3-6(15)14(23)25-10-9(22)7(2-21)24-13(10)20-5-19-8-11(16)17-4-18-12(8)20/h4-7,9-10,13,21-22H,2-3,15H2,1H3,(H2,16,17,18)/t6-,7?,9?,10?,13?/m0/s1. The Kier molecular flexibility index (Phi) is 6.39. The highest BCUT2D eigenvalue weighted by molar-refractivity contribution is 8.76. The zero-order chi connectivity index (χ0) is 19.6. The molecule has 27 heavy (non-hydrogen) atoms. The number of esters is 1. The summed E-state index contributed by atoms with van der Waals surface area (Å²) in [5, 5.41) is 19.9. The molecule has 0 aliphatic carbocycles.